The fourth-order valence-electron chi connectivity index (χ4n) is 1.31. The number of carboxylic acids is 1. The highest BCUT2D eigenvalue weighted by Gasteiger charge is 2.09. The summed E-state index contributed by atoms with van der Waals surface area (Å²) in [5.41, 5.74) is 0.719. The molecule has 18 heavy (non-hydrogen) atoms. The maximum Gasteiger partial charge on any atom is 0.328 e. The van der Waals surface area contributed by atoms with E-state index in [9.17, 15) is 9.90 Å². The van der Waals surface area contributed by atoms with Crippen molar-refractivity contribution in [1.29, 1.82) is 0 Å². The first kappa shape index (κ1) is 13.6. The third-order valence-corrected chi connectivity index (χ3v) is 2.14. The Kier molecular flexibility index (Phi) is 4.80. The monoisotopic (exact) mass is 250 g/mol. The molecule has 0 aromatic heterocycles. The van der Waals surface area contributed by atoms with E-state index in [0.717, 1.165) is 11.6 Å². The molecule has 5 nitrogen and oxygen atoms in total. The second-order valence-corrected chi connectivity index (χ2v) is 3.33. The maximum atomic E-state index is 10.3. The molecule has 0 saturated heterocycles. The van der Waals surface area contributed by atoms with Crippen molar-refractivity contribution in [2.75, 3.05) is 14.2 Å². The molecule has 0 bridgehead atoms. The summed E-state index contributed by atoms with van der Waals surface area (Å²) in [6, 6.07) is 3.23. The molecule has 2 N–H and O–H groups in total. The highest BCUT2D eigenvalue weighted by atomic mass is 16.5. The van der Waals surface area contributed by atoms with Gasteiger partial charge in [-0.2, -0.15) is 0 Å². The van der Waals surface area contributed by atoms with Gasteiger partial charge in [0, 0.05) is 6.08 Å². The lowest BCUT2D eigenvalue weighted by Crippen LogP contribution is -1.90. The van der Waals surface area contributed by atoms with E-state index < -0.39 is 5.97 Å². The second-order valence-electron chi connectivity index (χ2n) is 3.33. The molecule has 96 valence electrons. The van der Waals surface area contributed by atoms with E-state index >= 15 is 0 Å². The molecule has 1 rings (SSSR count). The number of aliphatic carboxylic acids is 1. The molecule has 1 aromatic carbocycles. The Bertz CT molecular complexity index is 463. The summed E-state index contributed by atoms with van der Waals surface area (Å²) in [5.74, 6) is -0.508. The van der Waals surface area contributed by atoms with E-state index in [1.54, 1.807) is 24.3 Å². The molecular formula is C13H14O5. The van der Waals surface area contributed by atoms with Gasteiger partial charge in [-0.15, -0.1) is 0 Å². The van der Waals surface area contributed by atoms with Crippen LogP contribution in [0.1, 0.15) is 5.56 Å². The van der Waals surface area contributed by atoms with Crippen LogP contribution in [0.3, 0.4) is 0 Å². The van der Waals surface area contributed by atoms with Crippen LogP contribution >= 0.6 is 0 Å². The van der Waals surface area contributed by atoms with Crippen LogP contribution in [0.4, 0.5) is 0 Å². The normalized spacial score (nSPS) is 11.0. The lowest BCUT2D eigenvalue weighted by Gasteiger charge is -2.09. The number of methoxy groups -OCH3 is 2. The topological polar surface area (TPSA) is 76.0 Å². The number of hydrogen-bond donors (Lipinski definition) is 2. The summed E-state index contributed by atoms with van der Waals surface area (Å²) in [6.45, 7) is 0. The molecule has 0 radical (unpaired) electrons. The number of carbonyl (C=O) groups is 1. The predicted octanol–water partition coefficient (Wildman–Crippen LogP) is 2.06. The van der Waals surface area contributed by atoms with Crippen LogP contribution in [0.2, 0.25) is 0 Å². The number of allylic oxidation sites excluding steroid dienone is 2. The Morgan fingerprint density at radius 3 is 2.17 bits per heavy atom. The summed E-state index contributed by atoms with van der Waals surface area (Å²) >= 11 is 0. The van der Waals surface area contributed by atoms with Gasteiger partial charge in [-0.25, -0.2) is 4.79 Å². The zero-order chi connectivity index (χ0) is 13.5. The van der Waals surface area contributed by atoms with Gasteiger partial charge in [-0.1, -0.05) is 18.2 Å². The van der Waals surface area contributed by atoms with E-state index in [1.165, 1.54) is 20.3 Å². The lowest BCUT2D eigenvalue weighted by atomic mass is 10.1. The molecule has 0 aliphatic rings. The van der Waals surface area contributed by atoms with Gasteiger partial charge in [0.1, 0.15) is 0 Å². The van der Waals surface area contributed by atoms with Gasteiger partial charge in [0.25, 0.3) is 0 Å². The first-order valence-corrected chi connectivity index (χ1v) is 5.11. The molecule has 5 heteroatoms. The molecule has 0 heterocycles. The third-order valence-electron chi connectivity index (χ3n) is 2.14. The van der Waals surface area contributed by atoms with Crippen molar-refractivity contribution < 1.29 is 24.5 Å². The molecule has 0 fully saturated rings. The minimum Gasteiger partial charge on any atom is -0.502 e. The van der Waals surface area contributed by atoms with Crippen molar-refractivity contribution in [3.8, 4) is 17.2 Å². The van der Waals surface area contributed by atoms with Gasteiger partial charge in [0.05, 0.1) is 14.2 Å². The van der Waals surface area contributed by atoms with Crippen molar-refractivity contribution >= 4 is 12.0 Å². The van der Waals surface area contributed by atoms with Crippen LogP contribution in [-0.4, -0.2) is 30.4 Å². The van der Waals surface area contributed by atoms with Crippen molar-refractivity contribution in [3.05, 3.63) is 35.9 Å². The summed E-state index contributed by atoms with van der Waals surface area (Å²) in [6.07, 6.45) is 5.66. The van der Waals surface area contributed by atoms with Crippen LogP contribution in [0.5, 0.6) is 17.2 Å². The number of ether oxygens (including phenoxy) is 2. The van der Waals surface area contributed by atoms with Crippen LogP contribution in [-0.2, 0) is 4.79 Å². The summed E-state index contributed by atoms with van der Waals surface area (Å²) in [4.78, 5) is 10.3. The molecular weight excluding hydrogens is 236 g/mol. The maximum absolute atomic E-state index is 10.3. The quantitative estimate of drug-likeness (QED) is 0.618. The molecule has 0 amide bonds. The summed E-state index contributed by atoms with van der Waals surface area (Å²) in [7, 11) is 2.87. The number of phenolic OH excluding ortho intramolecular Hbond substituents is 1. The average molecular weight is 250 g/mol. The number of rotatable bonds is 5. The van der Waals surface area contributed by atoms with Gasteiger partial charge in [-0.05, 0) is 17.7 Å². The number of phenols is 1. The Morgan fingerprint density at radius 2 is 1.72 bits per heavy atom. The molecule has 0 saturated carbocycles. The van der Waals surface area contributed by atoms with E-state index in [0.29, 0.717) is 0 Å². The predicted molar refractivity (Wildman–Crippen MR) is 67.0 cm³/mol. The summed E-state index contributed by atoms with van der Waals surface area (Å²) in [5, 5.41) is 18.1. The molecule has 0 aliphatic heterocycles. The van der Waals surface area contributed by atoms with Crippen molar-refractivity contribution in [2.24, 2.45) is 0 Å². The van der Waals surface area contributed by atoms with Gasteiger partial charge in [0.2, 0.25) is 5.75 Å². The Labute approximate surface area is 105 Å². The highest BCUT2D eigenvalue weighted by molar-refractivity contribution is 5.80. The minimum atomic E-state index is -1.01. The average Bonchev–Trinajstić information content (AvgIpc) is 2.35. The van der Waals surface area contributed by atoms with Gasteiger partial charge >= 0.3 is 5.97 Å². The van der Waals surface area contributed by atoms with Gasteiger partial charge in [-0.3, -0.25) is 0 Å². The number of aromatic hydroxyl groups is 1. The fraction of sp³-hybridized carbons (Fsp3) is 0.154. The summed E-state index contributed by atoms with van der Waals surface area (Å²) < 4.78 is 9.99. The van der Waals surface area contributed by atoms with Crippen LogP contribution in [0.25, 0.3) is 6.08 Å². The number of carboxylic acid groups (broad SMARTS) is 1. The van der Waals surface area contributed by atoms with Crippen LogP contribution in [0.15, 0.2) is 30.4 Å². The van der Waals surface area contributed by atoms with E-state index in [4.69, 9.17) is 14.6 Å². The standard InChI is InChI=1S/C13H14O5/c1-17-10-7-9(5-3-4-6-12(14)15)8-11(18-2)13(10)16/h3-8,16H,1-2H3,(H,14,15). The van der Waals surface area contributed by atoms with Crippen LogP contribution < -0.4 is 9.47 Å². The van der Waals surface area contributed by atoms with E-state index in [2.05, 4.69) is 0 Å². The SMILES string of the molecule is COc1cc(C=CC=CC(=O)O)cc(OC)c1O. The largest absolute Gasteiger partial charge is 0.502 e. The smallest absolute Gasteiger partial charge is 0.328 e. The minimum absolute atomic E-state index is 0.0711. The number of hydrogen-bond acceptors (Lipinski definition) is 4. The van der Waals surface area contributed by atoms with Crippen molar-refractivity contribution in [3.63, 3.8) is 0 Å². The zero-order valence-corrected chi connectivity index (χ0v) is 10.1. The zero-order valence-electron chi connectivity index (χ0n) is 10.1. The Hall–Kier alpha value is -2.43. The van der Waals surface area contributed by atoms with E-state index in [1.807, 2.05) is 0 Å². The Morgan fingerprint density at radius 1 is 1.17 bits per heavy atom. The lowest BCUT2D eigenvalue weighted by molar-refractivity contribution is -0.131. The van der Waals surface area contributed by atoms with Crippen molar-refractivity contribution in [1.82, 2.24) is 0 Å². The first-order valence-electron chi connectivity index (χ1n) is 5.11. The van der Waals surface area contributed by atoms with Crippen LogP contribution in [0, 0.1) is 0 Å². The first-order chi connectivity index (χ1) is 8.58. The Balaban J connectivity index is 2.99. The molecule has 0 unspecified atom stereocenters. The molecule has 1 aromatic rings. The van der Waals surface area contributed by atoms with Gasteiger partial charge in [0.15, 0.2) is 11.5 Å². The number of benzene rings is 1. The molecule has 0 spiro atoms. The fourth-order valence-corrected chi connectivity index (χ4v) is 1.31. The van der Waals surface area contributed by atoms with Crippen molar-refractivity contribution in [2.45, 2.75) is 0 Å². The molecule has 0 atom stereocenters. The third kappa shape index (κ3) is 3.55. The highest BCUT2D eigenvalue weighted by Crippen LogP contribution is 2.37. The van der Waals surface area contributed by atoms with Gasteiger partial charge < -0.3 is 19.7 Å². The second kappa shape index (κ2) is 6.34. The van der Waals surface area contributed by atoms with E-state index in [-0.39, 0.29) is 17.2 Å². The molecule has 0 aliphatic carbocycles.